The Bertz CT molecular complexity index is 492. The maximum atomic E-state index is 12.8. The van der Waals surface area contributed by atoms with Crippen LogP contribution in [0.5, 0.6) is 5.75 Å². The number of benzene rings is 1. The summed E-state index contributed by atoms with van der Waals surface area (Å²) in [6.07, 6.45) is 0.480. The molecule has 0 unspecified atom stereocenters. The van der Waals surface area contributed by atoms with Crippen LogP contribution in [0.1, 0.15) is 6.42 Å². The topological polar surface area (TPSA) is 53.0 Å². The molecule has 0 aromatic heterocycles. The quantitative estimate of drug-likeness (QED) is 0.870. The first-order valence-electron chi connectivity index (χ1n) is 6.91. The minimum Gasteiger partial charge on any atom is -0.491 e. The monoisotopic (exact) mass is 296 g/mol. The van der Waals surface area contributed by atoms with E-state index in [9.17, 15) is 14.3 Å². The van der Waals surface area contributed by atoms with E-state index in [4.69, 9.17) is 4.74 Å². The summed E-state index contributed by atoms with van der Waals surface area (Å²) in [5.41, 5.74) is -1.05. The van der Waals surface area contributed by atoms with Crippen molar-refractivity contribution >= 4 is 5.91 Å². The molecule has 1 fully saturated rings. The van der Waals surface area contributed by atoms with Crippen LogP contribution in [0, 0.1) is 5.82 Å². The fourth-order valence-electron chi connectivity index (χ4n) is 2.31. The van der Waals surface area contributed by atoms with Crippen LogP contribution in [0.4, 0.5) is 4.39 Å². The summed E-state index contributed by atoms with van der Waals surface area (Å²) in [5.74, 6) is 0.169. The fourth-order valence-corrected chi connectivity index (χ4v) is 2.31. The van der Waals surface area contributed by atoms with Gasteiger partial charge in [-0.1, -0.05) is 0 Å². The van der Waals surface area contributed by atoms with Gasteiger partial charge in [0.2, 0.25) is 5.91 Å². The van der Waals surface area contributed by atoms with Crippen molar-refractivity contribution in [2.45, 2.75) is 12.0 Å². The minimum atomic E-state index is -1.05. The van der Waals surface area contributed by atoms with E-state index in [2.05, 4.69) is 0 Å². The maximum Gasteiger partial charge on any atom is 0.236 e. The van der Waals surface area contributed by atoms with Crippen LogP contribution in [0.2, 0.25) is 0 Å². The normalized spacial score (nSPS) is 21.9. The molecule has 0 spiro atoms. The molecule has 0 aliphatic carbocycles. The van der Waals surface area contributed by atoms with E-state index in [1.54, 1.807) is 9.80 Å². The molecule has 21 heavy (non-hydrogen) atoms. The largest absolute Gasteiger partial charge is 0.491 e. The molecule has 5 nitrogen and oxygen atoms in total. The second kappa shape index (κ2) is 6.41. The van der Waals surface area contributed by atoms with Crippen molar-refractivity contribution < 1.29 is 19.0 Å². The Morgan fingerprint density at radius 3 is 2.71 bits per heavy atom. The maximum absolute atomic E-state index is 12.8. The van der Waals surface area contributed by atoms with Gasteiger partial charge in [-0.25, -0.2) is 4.39 Å². The second-order valence-corrected chi connectivity index (χ2v) is 5.77. The van der Waals surface area contributed by atoms with Crippen LogP contribution < -0.4 is 4.74 Å². The summed E-state index contributed by atoms with van der Waals surface area (Å²) in [4.78, 5) is 15.4. The molecule has 1 aliphatic rings. The summed E-state index contributed by atoms with van der Waals surface area (Å²) >= 11 is 0. The van der Waals surface area contributed by atoms with E-state index < -0.39 is 5.60 Å². The fraction of sp³-hybridized carbons (Fsp3) is 0.533. The van der Waals surface area contributed by atoms with Gasteiger partial charge in [0.05, 0.1) is 13.1 Å². The van der Waals surface area contributed by atoms with E-state index in [-0.39, 0.29) is 24.9 Å². The summed E-state index contributed by atoms with van der Waals surface area (Å²) in [5, 5.41) is 10.5. The Balaban J connectivity index is 1.86. The molecule has 1 aromatic carbocycles. The van der Waals surface area contributed by atoms with Gasteiger partial charge in [0.25, 0.3) is 0 Å². The molecule has 1 amide bonds. The lowest BCUT2D eigenvalue weighted by molar-refractivity contribution is -0.132. The first-order valence-corrected chi connectivity index (χ1v) is 6.91. The number of aliphatic hydroxyl groups is 1. The van der Waals surface area contributed by atoms with Crippen molar-refractivity contribution in [3.63, 3.8) is 0 Å². The van der Waals surface area contributed by atoms with Crippen molar-refractivity contribution in [3.8, 4) is 5.75 Å². The van der Waals surface area contributed by atoms with E-state index in [0.29, 0.717) is 25.3 Å². The average Bonchev–Trinajstić information content (AvgIpc) is 2.81. The number of hydrogen-bond acceptors (Lipinski definition) is 4. The van der Waals surface area contributed by atoms with Gasteiger partial charge < -0.3 is 19.6 Å². The van der Waals surface area contributed by atoms with Gasteiger partial charge in [0.1, 0.15) is 23.8 Å². The Kier molecular flexibility index (Phi) is 4.80. The van der Waals surface area contributed by atoms with E-state index in [0.717, 1.165) is 0 Å². The smallest absolute Gasteiger partial charge is 0.236 e. The van der Waals surface area contributed by atoms with Gasteiger partial charge in [-0.3, -0.25) is 4.79 Å². The van der Waals surface area contributed by atoms with Crippen molar-refractivity contribution in [1.82, 2.24) is 9.80 Å². The summed E-state index contributed by atoms with van der Waals surface area (Å²) in [7, 11) is 3.66. The van der Waals surface area contributed by atoms with Gasteiger partial charge in [-0.2, -0.15) is 0 Å². The van der Waals surface area contributed by atoms with Crippen LogP contribution in [-0.2, 0) is 4.79 Å². The number of β-amino-alcohol motifs (C(OH)–C–C–N with tert-alkyl or cyclic N) is 1. The molecule has 2 rings (SSSR count). The number of rotatable bonds is 5. The molecular weight excluding hydrogens is 275 g/mol. The van der Waals surface area contributed by atoms with Crippen LogP contribution in [0.3, 0.4) is 0 Å². The van der Waals surface area contributed by atoms with Crippen molar-refractivity contribution in [2.75, 3.05) is 40.3 Å². The number of ether oxygens (including phenoxy) is 1. The van der Waals surface area contributed by atoms with Crippen LogP contribution in [0.25, 0.3) is 0 Å². The van der Waals surface area contributed by atoms with Gasteiger partial charge in [-0.05, 0) is 44.8 Å². The average molecular weight is 296 g/mol. The summed E-state index contributed by atoms with van der Waals surface area (Å²) in [6, 6.07) is 5.65. The lowest BCUT2D eigenvalue weighted by Gasteiger charge is -2.24. The summed E-state index contributed by atoms with van der Waals surface area (Å²) < 4.78 is 18.3. The Hall–Kier alpha value is -1.66. The molecular formula is C15H21FN2O3. The molecule has 1 atom stereocenters. The van der Waals surface area contributed by atoms with Crippen LogP contribution >= 0.6 is 0 Å². The molecule has 1 aliphatic heterocycles. The Morgan fingerprint density at radius 2 is 2.10 bits per heavy atom. The van der Waals surface area contributed by atoms with Crippen LogP contribution in [0.15, 0.2) is 24.3 Å². The molecule has 0 bridgehead atoms. The zero-order valence-corrected chi connectivity index (χ0v) is 12.4. The lowest BCUT2D eigenvalue weighted by Crippen LogP contribution is -2.42. The lowest BCUT2D eigenvalue weighted by atomic mass is 10.1. The number of halogens is 1. The van der Waals surface area contributed by atoms with Gasteiger partial charge >= 0.3 is 0 Å². The van der Waals surface area contributed by atoms with Gasteiger partial charge in [0, 0.05) is 6.54 Å². The molecule has 1 N–H and O–H groups in total. The summed E-state index contributed by atoms with van der Waals surface area (Å²) in [6.45, 7) is 1.20. The van der Waals surface area contributed by atoms with Crippen molar-refractivity contribution in [1.29, 1.82) is 0 Å². The molecule has 116 valence electrons. The Morgan fingerprint density at radius 1 is 1.43 bits per heavy atom. The van der Waals surface area contributed by atoms with E-state index in [1.165, 1.54) is 24.3 Å². The SMILES string of the molecule is CN(C)CC(=O)N1CC[C@@](O)(COc2ccc(F)cc2)C1. The third-order valence-corrected chi connectivity index (χ3v) is 3.46. The first-order chi connectivity index (χ1) is 9.88. The number of hydrogen-bond donors (Lipinski definition) is 1. The van der Waals surface area contributed by atoms with Crippen LogP contribution in [-0.4, -0.2) is 66.8 Å². The number of amides is 1. The number of likely N-dealkylation sites (N-methyl/N-ethyl adjacent to an activating group) is 1. The van der Waals surface area contributed by atoms with Crippen molar-refractivity contribution in [2.24, 2.45) is 0 Å². The van der Waals surface area contributed by atoms with E-state index in [1.807, 2.05) is 14.1 Å². The third kappa shape index (κ3) is 4.41. The standard InChI is InChI=1S/C15H21FN2O3/c1-17(2)9-14(19)18-8-7-15(20,10-18)11-21-13-5-3-12(16)4-6-13/h3-6,20H,7-11H2,1-2H3/t15-/m0/s1. The number of likely N-dealkylation sites (tertiary alicyclic amines) is 1. The highest BCUT2D eigenvalue weighted by Gasteiger charge is 2.38. The molecule has 1 heterocycles. The van der Waals surface area contributed by atoms with Crippen molar-refractivity contribution in [3.05, 3.63) is 30.1 Å². The van der Waals surface area contributed by atoms with E-state index >= 15 is 0 Å². The highest BCUT2D eigenvalue weighted by Crippen LogP contribution is 2.23. The van der Waals surface area contributed by atoms with Gasteiger partial charge in [-0.15, -0.1) is 0 Å². The zero-order valence-electron chi connectivity index (χ0n) is 12.4. The predicted octanol–water partition coefficient (Wildman–Crippen LogP) is 0.729. The number of carbonyl (C=O) groups is 1. The second-order valence-electron chi connectivity index (χ2n) is 5.77. The third-order valence-electron chi connectivity index (χ3n) is 3.46. The van der Waals surface area contributed by atoms with Gasteiger partial charge in [0.15, 0.2) is 0 Å². The predicted molar refractivity (Wildman–Crippen MR) is 76.6 cm³/mol. The molecule has 6 heteroatoms. The minimum absolute atomic E-state index is 0.00212. The number of nitrogens with zero attached hydrogens (tertiary/aromatic N) is 2. The highest BCUT2D eigenvalue weighted by molar-refractivity contribution is 5.78. The molecule has 1 saturated heterocycles. The molecule has 1 aromatic rings. The number of carbonyl (C=O) groups excluding carboxylic acids is 1. The Labute approximate surface area is 123 Å². The molecule has 0 radical (unpaired) electrons. The molecule has 0 saturated carbocycles. The first kappa shape index (κ1) is 15.7. The highest BCUT2D eigenvalue weighted by atomic mass is 19.1. The zero-order chi connectivity index (χ0) is 15.5.